The van der Waals surface area contributed by atoms with Crippen LogP contribution in [0.25, 0.3) is 0 Å². The summed E-state index contributed by atoms with van der Waals surface area (Å²) in [6.45, 7) is -0.424. The highest BCUT2D eigenvalue weighted by atomic mass is 16.2. The van der Waals surface area contributed by atoms with E-state index >= 15 is 0 Å². The number of nitrogens with one attached hydrogen (secondary N) is 2. The minimum Gasteiger partial charge on any atom is -0.384 e. The van der Waals surface area contributed by atoms with E-state index in [4.69, 9.17) is 5.11 Å². The SMILES string of the molecule is CNC(=O)CNC(=O)c1ncccc1C#CCO. The molecule has 0 aliphatic carbocycles. The number of rotatable bonds is 3. The van der Waals surface area contributed by atoms with Crippen LogP contribution in [0.2, 0.25) is 0 Å². The molecule has 6 heteroatoms. The molecule has 0 fully saturated rings. The number of aromatic nitrogens is 1. The first kappa shape index (κ1) is 13.7. The Morgan fingerprint density at radius 3 is 2.94 bits per heavy atom. The molecule has 3 N–H and O–H groups in total. The zero-order valence-electron chi connectivity index (χ0n) is 9.86. The van der Waals surface area contributed by atoms with Gasteiger partial charge in [0, 0.05) is 13.2 Å². The molecule has 1 aromatic rings. The van der Waals surface area contributed by atoms with E-state index < -0.39 is 5.91 Å². The third-order valence-corrected chi connectivity index (χ3v) is 2.01. The van der Waals surface area contributed by atoms with E-state index in [-0.39, 0.29) is 24.8 Å². The number of hydrogen-bond donors (Lipinski definition) is 3. The minimum absolute atomic E-state index is 0.126. The van der Waals surface area contributed by atoms with Gasteiger partial charge in [0.05, 0.1) is 12.1 Å². The fourth-order valence-electron chi connectivity index (χ4n) is 1.15. The van der Waals surface area contributed by atoms with Crippen LogP contribution in [0.1, 0.15) is 16.1 Å². The van der Waals surface area contributed by atoms with Crippen LogP contribution in [0, 0.1) is 11.8 Å². The summed E-state index contributed by atoms with van der Waals surface area (Å²) in [5, 5.41) is 13.4. The largest absolute Gasteiger partial charge is 0.384 e. The van der Waals surface area contributed by atoms with Crippen molar-refractivity contribution in [2.45, 2.75) is 0 Å². The van der Waals surface area contributed by atoms with Crippen molar-refractivity contribution in [2.75, 3.05) is 20.2 Å². The lowest BCUT2D eigenvalue weighted by atomic mass is 10.2. The Labute approximate surface area is 104 Å². The molecule has 0 saturated carbocycles. The number of pyridine rings is 1. The van der Waals surface area contributed by atoms with E-state index in [1.54, 1.807) is 12.1 Å². The van der Waals surface area contributed by atoms with Gasteiger partial charge in [-0.15, -0.1) is 0 Å². The molecule has 2 amide bonds. The predicted molar refractivity (Wildman–Crippen MR) is 64.6 cm³/mol. The van der Waals surface area contributed by atoms with E-state index in [2.05, 4.69) is 27.5 Å². The molecule has 0 bridgehead atoms. The van der Waals surface area contributed by atoms with Gasteiger partial charge in [0.25, 0.3) is 5.91 Å². The summed E-state index contributed by atoms with van der Waals surface area (Å²) in [6, 6.07) is 3.25. The number of likely N-dealkylation sites (N-methyl/N-ethyl adjacent to an activating group) is 1. The van der Waals surface area contributed by atoms with Crippen LogP contribution in [0.3, 0.4) is 0 Å². The van der Waals surface area contributed by atoms with Crippen LogP contribution in [0.15, 0.2) is 18.3 Å². The average molecular weight is 247 g/mol. The van der Waals surface area contributed by atoms with Gasteiger partial charge in [-0.25, -0.2) is 4.98 Å². The van der Waals surface area contributed by atoms with Gasteiger partial charge >= 0.3 is 0 Å². The second-order valence-electron chi connectivity index (χ2n) is 3.22. The van der Waals surface area contributed by atoms with Crippen molar-refractivity contribution in [3.8, 4) is 11.8 Å². The predicted octanol–water partition coefficient (Wildman–Crippen LogP) is -1.10. The van der Waals surface area contributed by atoms with Crippen LogP contribution in [-0.2, 0) is 4.79 Å². The van der Waals surface area contributed by atoms with Gasteiger partial charge in [0.15, 0.2) is 0 Å². The summed E-state index contributed by atoms with van der Waals surface area (Å²) in [6.07, 6.45) is 1.46. The number of aliphatic hydroxyl groups is 1. The van der Waals surface area contributed by atoms with Crippen LogP contribution in [-0.4, -0.2) is 42.1 Å². The fourth-order valence-corrected chi connectivity index (χ4v) is 1.15. The number of nitrogens with zero attached hydrogens (tertiary/aromatic N) is 1. The number of carbonyl (C=O) groups excluding carboxylic acids is 2. The van der Waals surface area contributed by atoms with Gasteiger partial charge in [0.1, 0.15) is 12.3 Å². The summed E-state index contributed by atoms with van der Waals surface area (Å²) in [5.74, 6) is 4.28. The molecule has 0 saturated heterocycles. The molecule has 1 rings (SSSR count). The monoisotopic (exact) mass is 247 g/mol. The molecule has 0 radical (unpaired) electrons. The van der Waals surface area contributed by atoms with Gasteiger partial charge in [-0.1, -0.05) is 11.8 Å². The van der Waals surface area contributed by atoms with E-state index in [0.717, 1.165) is 0 Å². The second-order valence-corrected chi connectivity index (χ2v) is 3.22. The lowest BCUT2D eigenvalue weighted by Gasteiger charge is -2.05. The van der Waals surface area contributed by atoms with Crippen LogP contribution in [0.5, 0.6) is 0 Å². The van der Waals surface area contributed by atoms with Gasteiger partial charge in [-0.2, -0.15) is 0 Å². The van der Waals surface area contributed by atoms with Gasteiger partial charge in [-0.05, 0) is 12.1 Å². The molecule has 0 aliphatic heterocycles. The van der Waals surface area contributed by atoms with E-state index in [0.29, 0.717) is 5.56 Å². The lowest BCUT2D eigenvalue weighted by molar-refractivity contribution is -0.119. The molecule has 1 heterocycles. The Balaban J connectivity index is 2.82. The fraction of sp³-hybridized carbons (Fsp3) is 0.250. The topological polar surface area (TPSA) is 91.3 Å². The normalized spacial score (nSPS) is 9.00. The smallest absolute Gasteiger partial charge is 0.271 e. The van der Waals surface area contributed by atoms with Crippen LogP contribution in [0.4, 0.5) is 0 Å². The molecule has 0 aromatic carbocycles. The highest BCUT2D eigenvalue weighted by Gasteiger charge is 2.11. The molecule has 94 valence electrons. The van der Waals surface area contributed by atoms with Crippen molar-refractivity contribution in [3.63, 3.8) is 0 Å². The van der Waals surface area contributed by atoms with Gasteiger partial charge in [-0.3, -0.25) is 9.59 Å². The maximum Gasteiger partial charge on any atom is 0.271 e. The molecule has 0 aliphatic rings. The molecular formula is C12H13N3O3. The summed E-state index contributed by atoms with van der Waals surface area (Å²) >= 11 is 0. The Bertz CT molecular complexity index is 503. The summed E-state index contributed by atoms with van der Waals surface area (Å²) < 4.78 is 0. The third kappa shape index (κ3) is 3.88. The summed E-state index contributed by atoms with van der Waals surface area (Å²) in [4.78, 5) is 26.7. The van der Waals surface area contributed by atoms with Crippen LogP contribution < -0.4 is 10.6 Å². The van der Waals surface area contributed by atoms with Crippen molar-refractivity contribution >= 4 is 11.8 Å². The highest BCUT2D eigenvalue weighted by Crippen LogP contribution is 2.03. The number of aliphatic hydroxyl groups excluding tert-OH is 1. The third-order valence-electron chi connectivity index (χ3n) is 2.01. The summed E-state index contributed by atoms with van der Waals surface area (Å²) in [7, 11) is 1.48. The number of amides is 2. The number of carbonyl (C=O) groups is 2. The first-order chi connectivity index (χ1) is 8.69. The zero-order valence-corrected chi connectivity index (χ0v) is 9.86. The van der Waals surface area contributed by atoms with Crippen molar-refractivity contribution in [3.05, 3.63) is 29.6 Å². The molecule has 6 nitrogen and oxygen atoms in total. The zero-order chi connectivity index (χ0) is 13.4. The molecule has 0 atom stereocenters. The number of hydrogen-bond acceptors (Lipinski definition) is 4. The maximum atomic E-state index is 11.8. The lowest BCUT2D eigenvalue weighted by Crippen LogP contribution is -2.35. The van der Waals surface area contributed by atoms with Crippen molar-refractivity contribution in [1.82, 2.24) is 15.6 Å². The maximum absolute atomic E-state index is 11.8. The highest BCUT2D eigenvalue weighted by molar-refractivity contribution is 5.96. The average Bonchev–Trinajstić information content (AvgIpc) is 2.42. The minimum atomic E-state index is -0.485. The summed E-state index contributed by atoms with van der Waals surface area (Å²) in [5.41, 5.74) is 0.531. The Morgan fingerprint density at radius 2 is 2.28 bits per heavy atom. The second kappa shape index (κ2) is 7.04. The van der Waals surface area contributed by atoms with Crippen molar-refractivity contribution in [2.24, 2.45) is 0 Å². The molecule has 0 unspecified atom stereocenters. The Hall–Kier alpha value is -2.39. The molecule has 18 heavy (non-hydrogen) atoms. The van der Waals surface area contributed by atoms with Gasteiger partial charge in [0.2, 0.25) is 5.91 Å². The molecule has 1 aromatic heterocycles. The van der Waals surface area contributed by atoms with Gasteiger partial charge < -0.3 is 15.7 Å². The van der Waals surface area contributed by atoms with E-state index in [1.165, 1.54) is 13.2 Å². The molecule has 0 spiro atoms. The first-order valence-corrected chi connectivity index (χ1v) is 5.22. The standard InChI is InChI=1S/C12H13N3O3/c1-13-10(17)8-15-12(18)11-9(5-3-7-16)4-2-6-14-11/h2,4,6,16H,7-8H2,1H3,(H,13,17)(H,15,18). The van der Waals surface area contributed by atoms with Crippen LogP contribution >= 0.6 is 0 Å². The Kier molecular flexibility index (Phi) is 5.35. The van der Waals surface area contributed by atoms with E-state index in [1.807, 2.05) is 0 Å². The Morgan fingerprint density at radius 1 is 1.50 bits per heavy atom. The van der Waals surface area contributed by atoms with Crippen molar-refractivity contribution < 1.29 is 14.7 Å². The van der Waals surface area contributed by atoms with Crippen molar-refractivity contribution in [1.29, 1.82) is 0 Å². The van der Waals surface area contributed by atoms with E-state index in [9.17, 15) is 9.59 Å². The molecular weight excluding hydrogens is 234 g/mol. The first-order valence-electron chi connectivity index (χ1n) is 5.22. The quantitative estimate of drug-likeness (QED) is 0.591.